The van der Waals surface area contributed by atoms with Crippen LogP contribution in [0.1, 0.15) is 37.0 Å². The lowest BCUT2D eigenvalue weighted by Gasteiger charge is -2.24. The number of carbonyl (C=O) groups is 1. The summed E-state index contributed by atoms with van der Waals surface area (Å²) >= 11 is 4.21. The monoisotopic (exact) mass is 267 g/mol. The van der Waals surface area contributed by atoms with Gasteiger partial charge in [0, 0.05) is 23.6 Å². The number of carbonyl (C=O) groups excluding carboxylic acids is 1. The average Bonchev–Trinajstić information content (AvgIpc) is 2.34. The zero-order valence-electron chi connectivity index (χ0n) is 10.9. The Labute approximate surface area is 114 Å². The van der Waals surface area contributed by atoms with Gasteiger partial charge in [-0.3, -0.25) is 4.79 Å². The first-order chi connectivity index (χ1) is 8.44. The van der Waals surface area contributed by atoms with E-state index in [-0.39, 0.29) is 17.9 Å². The molecule has 0 aliphatic heterocycles. The van der Waals surface area contributed by atoms with Gasteiger partial charge in [0.15, 0.2) is 0 Å². The lowest BCUT2D eigenvalue weighted by molar-refractivity contribution is 0.0932. The maximum Gasteiger partial charge on any atom is 0.251 e. The van der Waals surface area contributed by atoms with Crippen LogP contribution in [0.2, 0.25) is 0 Å². The summed E-state index contributed by atoms with van der Waals surface area (Å²) in [6, 6.07) is 7.17. The van der Waals surface area contributed by atoms with Crippen molar-refractivity contribution in [3.05, 3.63) is 29.8 Å². The third-order valence-corrected chi connectivity index (χ3v) is 3.13. The van der Waals surface area contributed by atoms with Crippen LogP contribution in [0.4, 0.5) is 0 Å². The van der Waals surface area contributed by atoms with Gasteiger partial charge in [-0.25, -0.2) is 0 Å². The third kappa shape index (κ3) is 5.10. The third-order valence-electron chi connectivity index (χ3n) is 2.85. The molecule has 0 aliphatic rings. The second-order valence-corrected chi connectivity index (χ2v) is 5.74. The second-order valence-electron chi connectivity index (χ2n) is 5.22. The van der Waals surface area contributed by atoms with Crippen molar-refractivity contribution in [1.29, 1.82) is 0 Å². The zero-order valence-corrected chi connectivity index (χ0v) is 11.8. The molecule has 0 atom stereocenters. The fourth-order valence-electron chi connectivity index (χ4n) is 1.71. The Bertz CT molecular complexity index is 405. The summed E-state index contributed by atoms with van der Waals surface area (Å²) < 4.78 is 0. The predicted molar refractivity (Wildman–Crippen MR) is 76.1 cm³/mol. The van der Waals surface area contributed by atoms with E-state index in [4.69, 9.17) is 5.11 Å². The highest BCUT2D eigenvalue weighted by molar-refractivity contribution is 7.80. The van der Waals surface area contributed by atoms with Crippen molar-refractivity contribution in [1.82, 2.24) is 5.32 Å². The SMILES string of the molecule is CC(C)(CCCO)CNC(=O)c1cccc(S)c1. The number of nitrogens with one attached hydrogen (secondary N) is 1. The number of amides is 1. The van der Waals surface area contributed by atoms with E-state index < -0.39 is 0 Å². The summed E-state index contributed by atoms with van der Waals surface area (Å²) in [5.41, 5.74) is 0.622. The van der Waals surface area contributed by atoms with Crippen LogP contribution in [0.15, 0.2) is 29.2 Å². The van der Waals surface area contributed by atoms with Gasteiger partial charge in [-0.2, -0.15) is 0 Å². The Hall–Kier alpha value is -1.00. The van der Waals surface area contributed by atoms with Crippen molar-refractivity contribution < 1.29 is 9.90 Å². The van der Waals surface area contributed by atoms with E-state index in [1.54, 1.807) is 12.1 Å². The lowest BCUT2D eigenvalue weighted by atomic mass is 9.88. The number of rotatable bonds is 6. The second kappa shape index (κ2) is 6.81. The standard InChI is InChI=1S/C14H21NO2S/c1-14(2,7-4-8-16)10-15-13(17)11-5-3-6-12(18)9-11/h3,5-6,9,16,18H,4,7-8,10H2,1-2H3,(H,15,17). The van der Waals surface area contributed by atoms with Crippen LogP contribution in [-0.4, -0.2) is 24.2 Å². The van der Waals surface area contributed by atoms with Crippen molar-refractivity contribution in [3.8, 4) is 0 Å². The van der Waals surface area contributed by atoms with Gasteiger partial charge in [0.05, 0.1) is 0 Å². The van der Waals surface area contributed by atoms with Crippen LogP contribution in [0.25, 0.3) is 0 Å². The van der Waals surface area contributed by atoms with Gasteiger partial charge in [0.2, 0.25) is 0 Å². The summed E-state index contributed by atoms with van der Waals surface area (Å²) in [5.74, 6) is -0.0806. The van der Waals surface area contributed by atoms with Gasteiger partial charge >= 0.3 is 0 Å². The first-order valence-electron chi connectivity index (χ1n) is 6.13. The highest BCUT2D eigenvalue weighted by atomic mass is 32.1. The number of hydrogen-bond donors (Lipinski definition) is 3. The molecule has 1 aromatic carbocycles. The molecule has 1 aromatic rings. The molecule has 0 aromatic heterocycles. The Kier molecular flexibility index (Phi) is 5.69. The van der Waals surface area contributed by atoms with Gasteiger partial charge in [0.1, 0.15) is 0 Å². The van der Waals surface area contributed by atoms with Crippen LogP contribution in [0.5, 0.6) is 0 Å². The number of aliphatic hydroxyl groups is 1. The fourth-order valence-corrected chi connectivity index (χ4v) is 1.94. The molecule has 0 saturated carbocycles. The molecule has 0 radical (unpaired) electrons. The number of hydrogen-bond acceptors (Lipinski definition) is 3. The van der Waals surface area contributed by atoms with E-state index in [1.807, 2.05) is 12.1 Å². The Morgan fingerprint density at radius 2 is 2.17 bits per heavy atom. The Morgan fingerprint density at radius 1 is 1.44 bits per heavy atom. The van der Waals surface area contributed by atoms with Crippen molar-refractivity contribution in [2.45, 2.75) is 31.6 Å². The molecule has 1 rings (SSSR count). The van der Waals surface area contributed by atoms with Gasteiger partial charge in [0.25, 0.3) is 5.91 Å². The normalized spacial score (nSPS) is 11.3. The van der Waals surface area contributed by atoms with Crippen molar-refractivity contribution in [2.24, 2.45) is 5.41 Å². The van der Waals surface area contributed by atoms with Crippen LogP contribution in [0.3, 0.4) is 0 Å². The summed E-state index contributed by atoms with van der Waals surface area (Å²) in [6.45, 7) is 4.96. The zero-order chi connectivity index (χ0) is 13.6. The minimum Gasteiger partial charge on any atom is -0.396 e. The van der Waals surface area contributed by atoms with Gasteiger partial charge in [-0.1, -0.05) is 19.9 Å². The van der Waals surface area contributed by atoms with Gasteiger partial charge in [-0.05, 0) is 36.5 Å². The number of benzene rings is 1. The largest absolute Gasteiger partial charge is 0.396 e. The van der Waals surface area contributed by atoms with Crippen molar-refractivity contribution in [2.75, 3.05) is 13.2 Å². The van der Waals surface area contributed by atoms with Gasteiger partial charge < -0.3 is 10.4 Å². The van der Waals surface area contributed by atoms with E-state index in [9.17, 15) is 4.79 Å². The van der Waals surface area contributed by atoms with E-state index in [0.717, 1.165) is 17.7 Å². The molecule has 0 aliphatic carbocycles. The van der Waals surface area contributed by atoms with Gasteiger partial charge in [-0.15, -0.1) is 12.6 Å². The molecule has 4 heteroatoms. The maximum absolute atomic E-state index is 11.9. The fraction of sp³-hybridized carbons (Fsp3) is 0.500. The molecule has 0 heterocycles. The maximum atomic E-state index is 11.9. The van der Waals surface area contributed by atoms with Crippen LogP contribution < -0.4 is 5.32 Å². The molecule has 0 saturated heterocycles. The molecule has 0 spiro atoms. The average molecular weight is 267 g/mol. The summed E-state index contributed by atoms with van der Waals surface area (Å²) in [5, 5.41) is 11.7. The molecule has 100 valence electrons. The molecule has 0 fully saturated rings. The predicted octanol–water partition coefficient (Wildman–Crippen LogP) is 2.50. The summed E-state index contributed by atoms with van der Waals surface area (Å²) in [6.07, 6.45) is 1.64. The molecule has 1 amide bonds. The number of aliphatic hydroxyl groups excluding tert-OH is 1. The summed E-state index contributed by atoms with van der Waals surface area (Å²) in [4.78, 5) is 12.7. The quantitative estimate of drug-likeness (QED) is 0.694. The Balaban J connectivity index is 2.50. The first-order valence-corrected chi connectivity index (χ1v) is 6.57. The highest BCUT2D eigenvalue weighted by Crippen LogP contribution is 2.21. The topological polar surface area (TPSA) is 49.3 Å². The van der Waals surface area contributed by atoms with Crippen LogP contribution in [-0.2, 0) is 0 Å². The van der Waals surface area contributed by atoms with Crippen LogP contribution in [0, 0.1) is 5.41 Å². The smallest absolute Gasteiger partial charge is 0.251 e. The molecule has 0 bridgehead atoms. The van der Waals surface area contributed by atoms with Crippen LogP contribution >= 0.6 is 12.6 Å². The minimum absolute atomic E-state index is 0.00301. The molecule has 18 heavy (non-hydrogen) atoms. The van der Waals surface area contributed by atoms with E-state index in [0.29, 0.717) is 12.1 Å². The van der Waals surface area contributed by atoms with Crippen molar-refractivity contribution >= 4 is 18.5 Å². The number of thiol groups is 1. The van der Waals surface area contributed by atoms with E-state index in [1.165, 1.54) is 0 Å². The molecular weight excluding hydrogens is 246 g/mol. The van der Waals surface area contributed by atoms with E-state index >= 15 is 0 Å². The molecule has 0 unspecified atom stereocenters. The molecular formula is C14H21NO2S. The van der Waals surface area contributed by atoms with E-state index in [2.05, 4.69) is 31.8 Å². The Morgan fingerprint density at radius 3 is 2.78 bits per heavy atom. The highest BCUT2D eigenvalue weighted by Gasteiger charge is 2.18. The summed E-state index contributed by atoms with van der Waals surface area (Å²) in [7, 11) is 0. The first kappa shape index (κ1) is 15.1. The lowest BCUT2D eigenvalue weighted by Crippen LogP contribution is -2.34. The molecule has 2 N–H and O–H groups in total. The molecule has 3 nitrogen and oxygen atoms in total. The van der Waals surface area contributed by atoms with Crippen molar-refractivity contribution in [3.63, 3.8) is 0 Å². The minimum atomic E-state index is -0.0806.